The fourth-order valence-electron chi connectivity index (χ4n) is 1.64. The molecule has 0 aliphatic carbocycles. The lowest BCUT2D eigenvalue weighted by Crippen LogP contribution is -2.27. The molecule has 1 atom stereocenters. The molecule has 4 nitrogen and oxygen atoms in total. The van der Waals surface area contributed by atoms with Crippen molar-refractivity contribution < 1.29 is 9.90 Å². The van der Waals surface area contributed by atoms with Crippen molar-refractivity contribution >= 4 is 34.8 Å². The van der Waals surface area contributed by atoms with E-state index >= 15 is 0 Å². The van der Waals surface area contributed by atoms with Gasteiger partial charge in [0.2, 0.25) is 5.91 Å². The summed E-state index contributed by atoms with van der Waals surface area (Å²) in [5.74, 6) is -0.377. The lowest BCUT2D eigenvalue weighted by atomic mass is 10.0. The molecule has 0 radical (unpaired) electrons. The monoisotopic (exact) mass is 288 g/mol. The van der Waals surface area contributed by atoms with Gasteiger partial charge in [0.05, 0.1) is 11.1 Å². The number of phenols is 1. The van der Waals surface area contributed by atoms with Crippen LogP contribution in [0, 0.1) is 5.41 Å². The minimum Gasteiger partial charge on any atom is -0.506 e. The second-order valence-corrected chi connectivity index (χ2v) is 4.91. The zero-order valence-electron chi connectivity index (χ0n) is 10.1. The van der Waals surface area contributed by atoms with E-state index in [0.29, 0.717) is 16.3 Å². The predicted octanol–water partition coefficient (Wildman–Crippen LogP) is 3.31. The van der Waals surface area contributed by atoms with Crippen LogP contribution in [0.15, 0.2) is 12.1 Å². The summed E-state index contributed by atoms with van der Waals surface area (Å²) in [6, 6.07) is 2.44. The highest BCUT2D eigenvalue weighted by Gasteiger charge is 2.19. The Hall–Kier alpha value is -1.26. The van der Waals surface area contributed by atoms with Crippen molar-refractivity contribution in [1.29, 1.82) is 5.41 Å². The maximum Gasteiger partial charge on any atom is 0.217 e. The molecule has 0 heterocycles. The Morgan fingerprint density at radius 3 is 2.56 bits per heavy atom. The van der Waals surface area contributed by atoms with Gasteiger partial charge in [-0.1, -0.05) is 23.2 Å². The summed E-state index contributed by atoms with van der Waals surface area (Å²) in [4.78, 5) is 11.2. The standard InChI is InChI=1S/C12H14Cl2N2O2/c1-6(15)3-11(16-7(2)17)9-4-8(13)5-10(14)12(9)18/h4-5,11,15,18H,3H2,1-2H3,(H,16,17). The van der Waals surface area contributed by atoms with E-state index in [1.54, 1.807) is 6.92 Å². The average Bonchev–Trinajstić information content (AvgIpc) is 2.21. The quantitative estimate of drug-likeness (QED) is 0.744. The Morgan fingerprint density at radius 2 is 2.06 bits per heavy atom. The number of rotatable bonds is 4. The lowest BCUT2D eigenvalue weighted by molar-refractivity contribution is -0.119. The highest BCUT2D eigenvalue weighted by atomic mass is 35.5. The van der Waals surface area contributed by atoms with Crippen LogP contribution >= 0.6 is 23.2 Å². The summed E-state index contributed by atoms with van der Waals surface area (Å²) in [7, 11) is 0. The number of carbonyl (C=O) groups excluding carboxylic acids is 1. The second-order valence-electron chi connectivity index (χ2n) is 4.06. The minimum atomic E-state index is -0.517. The number of aromatic hydroxyl groups is 1. The van der Waals surface area contributed by atoms with E-state index in [1.165, 1.54) is 19.1 Å². The van der Waals surface area contributed by atoms with Crippen LogP contribution in [-0.2, 0) is 4.79 Å². The van der Waals surface area contributed by atoms with Crippen LogP contribution in [0.5, 0.6) is 5.75 Å². The minimum absolute atomic E-state index is 0.121. The molecule has 0 fully saturated rings. The van der Waals surface area contributed by atoms with Gasteiger partial charge in [-0.25, -0.2) is 0 Å². The Morgan fingerprint density at radius 1 is 1.44 bits per heavy atom. The molecule has 1 aromatic rings. The molecule has 1 unspecified atom stereocenters. The van der Waals surface area contributed by atoms with Gasteiger partial charge >= 0.3 is 0 Å². The van der Waals surface area contributed by atoms with Crippen molar-refractivity contribution in [3.05, 3.63) is 27.7 Å². The summed E-state index contributed by atoms with van der Waals surface area (Å²) in [6.07, 6.45) is 0.282. The van der Waals surface area contributed by atoms with Crippen LogP contribution in [0.1, 0.15) is 31.9 Å². The van der Waals surface area contributed by atoms with Crippen LogP contribution in [0.4, 0.5) is 0 Å². The fraction of sp³-hybridized carbons (Fsp3) is 0.333. The highest BCUT2D eigenvalue weighted by molar-refractivity contribution is 6.35. The van der Waals surface area contributed by atoms with Gasteiger partial charge in [-0.15, -0.1) is 0 Å². The number of nitrogens with one attached hydrogen (secondary N) is 2. The van der Waals surface area contributed by atoms with E-state index in [-0.39, 0.29) is 23.1 Å². The number of hydrogen-bond acceptors (Lipinski definition) is 3. The first-order valence-corrected chi connectivity index (χ1v) is 6.06. The van der Waals surface area contributed by atoms with Crippen molar-refractivity contribution in [2.75, 3.05) is 0 Å². The molecule has 1 rings (SSSR count). The Labute approximate surface area is 115 Å². The van der Waals surface area contributed by atoms with Gasteiger partial charge in [-0.3, -0.25) is 4.79 Å². The smallest absolute Gasteiger partial charge is 0.217 e. The molecule has 0 saturated heterocycles. The SMILES string of the molecule is CC(=N)CC(NC(C)=O)c1cc(Cl)cc(Cl)c1O. The Balaban J connectivity index is 3.19. The zero-order valence-corrected chi connectivity index (χ0v) is 11.6. The van der Waals surface area contributed by atoms with Gasteiger partial charge in [0, 0.05) is 29.6 Å². The first-order chi connectivity index (χ1) is 8.31. The van der Waals surface area contributed by atoms with Crippen molar-refractivity contribution in [1.82, 2.24) is 5.32 Å². The third-order valence-electron chi connectivity index (χ3n) is 2.32. The molecule has 0 aliphatic rings. The zero-order chi connectivity index (χ0) is 13.9. The van der Waals surface area contributed by atoms with E-state index in [9.17, 15) is 9.90 Å². The Kier molecular flexibility index (Phi) is 4.99. The molecule has 0 aromatic heterocycles. The van der Waals surface area contributed by atoms with E-state index in [0.717, 1.165) is 0 Å². The Bertz CT molecular complexity index is 473. The number of carbonyl (C=O) groups is 1. The molecule has 18 heavy (non-hydrogen) atoms. The molecule has 0 spiro atoms. The summed E-state index contributed by atoms with van der Waals surface area (Å²) in [5.41, 5.74) is 0.790. The van der Waals surface area contributed by atoms with Crippen LogP contribution < -0.4 is 5.32 Å². The van der Waals surface area contributed by atoms with E-state index in [2.05, 4.69) is 5.32 Å². The van der Waals surface area contributed by atoms with Crippen LogP contribution in [0.25, 0.3) is 0 Å². The first-order valence-electron chi connectivity index (χ1n) is 5.30. The molecule has 0 aliphatic heterocycles. The molecular formula is C12H14Cl2N2O2. The predicted molar refractivity (Wildman–Crippen MR) is 72.7 cm³/mol. The third-order valence-corrected chi connectivity index (χ3v) is 2.83. The molecule has 0 saturated carbocycles. The van der Waals surface area contributed by atoms with E-state index in [1.807, 2.05) is 0 Å². The van der Waals surface area contributed by atoms with Gasteiger partial charge in [-0.2, -0.15) is 0 Å². The lowest BCUT2D eigenvalue weighted by Gasteiger charge is -2.19. The third kappa shape index (κ3) is 3.89. The van der Waals surface area contributed by atoms with Crippen LogP contribution in [0.3, 0.4) is 0 Å². The number of halogens is 2. The first kappa shape index (κ1) is 14.8. The molecule has 98 valence electrons. The largest absolute Gasteiger partial charge is 0.506 e. The number of hydrogen-bond donors (Lipinski definition) is 3. The fourth-order valence-corrected chi connectivity index (χ4v) is 2.15. The number of amides is 1. The normalized spacial score (nSPS) is 12.0. The molecule has 3 N–H and O–H groups in total. The molecular weight excluding hydrogens is 275 g/mol. The number of benzene rings is 1. The summed E-state index contributed by atoms with van der Waals surface area (Å²) >= 11 is 11.7. The highest BCUT2D eigenvalue weighted by Crippen LogP contribution is 2.36. The van der Waals surface area contributed by atoms with Crippen molar-refractivity contribution in [2.45, 2.75) is 26.3 Å². The summed E-state index contributed by atoms with van der Waals surface area (Å²) in [6.45, 7) is 2.99. The van der Waals surface area contributed by atoms with Crippen molar-refractivity contribution in [3.63, 3.8) is 0 Å². The van der Waals surface area contributed by atoms with Gasteiger partial charge < -0.3 is 15.8 Å². The topological polar surface area (TPSA) is 73.2 Å². The second kappa shape index (κ2) is 6.07. The molecule has 1 aromatic carbocycles. The van der Waals surface area contributed by atoms with Gasteiger partial charge in [0.25, 0.3) is 0 Å². The van der Waals surface area contributed by atoms with Crippen molar-refractivity contribution in [3.8, 4) is 5.75 Å². The van der Waals surface area contributed by atoms with Crippen molar-refractivity contribution in [2.24, 2.45) is 0 Å². The van der Waals surface area contributed by atoms with E-state index in [4.69, 9.17) is 28.6 Å². The summed E-state index contributed by atoms with van der Waals surface area (Å²) < 4.78 is 0. The average molecular weight is 289 g/mol. The maximum absolute atomic E-state index is 11.2. The molecule has 6 heteroatoms. The summed E-state index contributed by atoms with van der Waals surface area (Å²) in [5, 5.41) is 20.6. The van der Waals surface area contributed by atoms with Gasteiger partial charge in [-0.05, 0) is 19.1 Å². The van der Waals surface area contributed by atoms with Gasteiger partial charge in [0.1, 0.15) is 5.75 Å². The van der Waals surface area contributed by atoms with Gasteiger partial charge in [0.15, 0.2) is 0 Å². The van der Waals surface area contributed by atoms with Crippen LogP contribution in [0.2, 0.25) is 10.0 Å². The van der Waals surface area contributed by atoms with Crippen LogP contribution in [-0.4, -0.2) is 16.7 Å². The molecule has 1 amide bonds. The number of phenolic OH excluding ortho intramolecular Hbond substituents is 1. The molecule has 0 bridgehead atoms. The maximum atomic E-state index is 11.2. The van der Waals surface area contributed by atoms with E-state index < -0.39 is 6.04 Å².